The molecule has 2 saturated heterocycles. The molecule has 6 heteroatoms. The van der Waals surface area contributed by atoms with Gasteiger partial charge in [0, 0.05) is 51.9 Å². The third-order valence-electron chi connectivity index (χ3n) is 5.77. The summed E-state index contributed by atoms with van der Waals surface area (Å²) in [4.78, 5) is 17.0. The first-order valence-electron chi connectivity index (χ1n) is 10.1. The van der Waals surface area contributed by atoms with Crippen LogP contribution in [0.3, 0.4) is 0 Å². The van der Waals surface area contributed by atoms with Gasteiger partial charge in [-0.05, 0) is 49.8 Å². The zero-order chi connectivity index (χ0) is 19.2. The molecule has 0 saturated carbocycles. The highest BCUT2D eigenvalue weighted by Gasteiger charge is 2.38. The molecule has 2 aliphatic rings. The topological polar surface area (TPSA) is 62.2 Å². The Hall–Kier alpha value is -1.79. The van der Waals surface area contributed by atoms with Crippen LogP contribution >= 0.6 is 0 Å². The average molecular weight is 376 g/mol. The quantitative estimate of drug-likeness (QED) is 0.707. The number of aromatic hydroxyl groups is 1. The number of hydrogen-bond acceptors (Lipinski definition) is 5. The molecule has 6 nitrogen and oxygen atoms in total. The minimum Gasteiger partial charge on any atom is -0.504 e. The molecule has 1 N–H and O–H groups in total. The molecule has 1 amide bonds. The fourth-order valence-corrected chi connectivity index (χ4v) is 4.43. The number of hydrogen-bond donors (Lipinski definition) is 1. The molecule has 0 aliphatic carbocycles. The van der Waals surface area contributed by atoms with Crippen LogP contribution in [0.5, 0.6) is 11.5 Å². The number of phenolic OH excluding ortho intramolecular Hbond substituents is 1. The smallest absolute Gasteiger partial charge is 0.222 e. The predicted octanol–water partition coefficient (Wildman–Crippen LogP) is 2.64. The second kappa shape index (κ2) is 9.42. The van der Waals surface area contributed by atoms with Crippen LogP contribution in [0.4, 0.5) is 0 Å². The van der Waals surface area contributed by atoms with E-state index in [0.29, 0.717) is 30.0 Å². The Labute approximate surface area is 162 Å². The van der Waals surface area contributed by atoms with Crippen molar-refractivity contribution >= 4 is 5.91 Å². The van der Waals surface area contributed by atoms with E-state index in [9.17, 15) is 9.90 Å². The van der Waals surface area contributed by atoms with Gasteiger partial charge >= 0.3 is 0 Å². The van der Waals surface area contributed by atoms with E-state index < -0.39 is 0 Å². The number of rotatable bonds is 8. The maximum Gasteiger partial charge on any atom is 0.222 e. The number of carbonyl (C=O) groups excluding carboxylic acids is 1. The van der Waals surface area contributed by atoms with Gasteiger partial charge in [-0.1, -0.05) is 6.07 Å². The Morgan fingerprint density at radius 3 is 2.89 bits per heavy atom. The fourth-order valence-electron chi connectivity index (χ4n) is 4.43. The number of carbonyl (C=O) groups is 1. The summed E-state index contributed by atoms with van der Waals surface area (Å²) in [6, 6.07) is 5.98. The van der Waals surface area contributed by atoms with Crippen molar-refractivity contribution in [3.8, 4) is 11.5 Å². The highest BCUT2D eigenvalue weighted by atomic mass is 16.5. The molecule has 0 unspecified atom stereocenters. The highest BCUT2D eigenvalue weighted by Crippen LogP contribution is 2.33. The van der Waals surface area contributed by atoms with Gasteiger partial charge < -0.3 is 19.5 Å². The Morgan fingerprint density at radius 1 is 1.30 bits per heavy atom. The summed E-state index contributed by atoms with van der Waals surface area (Å²) in [5.74, 6) is 1.54. The molecule has 3 rings (SSSR count). The van der Waals surface area contributed by atoms with Crippen LogP contribution < -0.4 is 4.74 Å². The fraction of sp³-hybridized carbons (Fsp3) is 0.667. The number of likely N-dealkylation sites (tertiary alicyclic amines) is 2. The first kappa shape index (κ1) is 20.0. The van der Waals surface area contributed by atoms with Crippen LogP contribution in [0, 0.1) is 5.92 Å². The summed E-state index contributed by atoms with van der Waals surface area (Å²) < 4.78 is 10.5. The van der Waals surface area contributed by atoms with Gasteiger partial charge in [0.05, 0.1) is 7.11 Å². The van der Waals surface area contributed by atoms with Crippen LogP contribution in [0.2, 0.25) is 0 Å². The molecular weight excluding hydrogens is 344 g/mol. The van der Waals surface area contributed by atoms with E-state index in [1.54, 1.807) is 13.2 Å². The lowest BCUT2D eigenvalue weighted by Crippen LogP contribution is -2.56. The SMILES string of the molecule is CCOCCCN1C(=O)CC[C@@H]2CN(Cc3ccc(OC)c(O)c3)CC[C@@H]21. The van der Waals surface area contributed by atoms with Gasteiger partial charge in [0.2, 0.25) is 5.91 Å². The molecule has 2 atom stereocenters. The van der Waals surface area contributed by atoms with Crippen LogP contribution in [0.1, 0.15) is 38.2 Å². The van der Waals surface area contributed by atoms with Crippen molar-refractivity contribution in [2.75, 3.05) is 40.0 Å². The molecule has 27 heavy (non-hydrogen) atoms. The minimum atomic E-state index is 0.189. The third-order valence-corrected chi connectivity index (χ3v) is 5.77. The van der Waals surface area contributed by atoms with Gasteiger partial charge in [-0.2, -0.15) is 0 Å². The Morgan fingerprint density at radius 2 is 2.15 bits per heavy atom. The lowest BCUT2D eigenvalue weighted by molar-refractivity contribution is -0.141. The monoisotopic (exact) mass is 376 g/mol. The first-order valence-corrected chi connectivity index (χ1v) is 10.1. The number of fused-ring (bicyclic) bond motifs is 1. The summed E-state index contributed by atoms with van der Waals surface area (Å²) in [7, 11) is 1.56. The second-order valence-electron chi connectivity index (χ2n) is 7.53. The van der Waals surface area contributed by atoms with Crippen LogP contribution in [-0.4, -0.2) is 66.8 Å². The first-order chi connectivity index (χ1) is 13.1. The van der Waals surface area contributed by atoms with Crippen molar-refractivity contribution in [1.29, 1.82) is 0 Å². The lowest BCUT2D eigenvalue weighted by atomic mass is 9.83. The Kier molecular flexibility index (Phi) is 6.96. The van der Waals surface area contributed by atoms with E-state index in [1.807, 2.05) is 19.1 Å². The van der Waals surface area contributed by atoms with Crippen LogP contribution in [0.25, 0.3) is 0 Å². The van der Waals surface area contributed by atoms with Crippen LogP contribution in [0.15, 0.2) is 18.2 Å². The van der Waals surface area contributed by atoms with Gasteiger partial charge in [0.15, 0.2) is 11.5 Å². The average Bonchev–Trinajstić information content (AvgIpc) is 2.67. The van der Waals surface area contributed by atoms with Crippen molar-refractivity contribution in [1.82, 2.24) is 9.80 Å². The Balaban J connectivity index is 1.56. The summed E-state index contributed by atoms with van der Waals surface area (Å²) in [5.41, 5.74) is 1.09. The van der Waals surface area contributed by atoms with Crippen molar-refractivity contribution < 1.29 is 19.4 Å². The summed E-state index contributed by atoms with van der Waals surface area (Å²) in [6.45, 7) is 7.07. The van der Waals surface area contributed by atoms with E-state index in [-0.39, 0.29) is 5.75 Å². The summed E-state index contributed by atoms with van der Waals surface area (Å²) in [6.07, 6.45) is 3.58. The molecular formula is C21H32N2O4. The number of benzene rings is 1. The van der Waals surface area contributed by atoms with Crippen LogP contribution in [-0.2, 0) is 16.1 Å². The molecule has 2 fully saturated rings. The number of ether oxygens (including phenoxy) is 2. The van der Waals surface area contributed by atoms with E-state index in [4.69, 9.17) is 9.47 Å². The van der Waals surface area contributed by atoms with Gasteiger partial charge in [-0.15, -0.1) is 0 Å². The molecule has 1 aromatic rings. The molecule has 150 valence electrons. The standard InChI is InChI=1S/C21H32N2O4/c1-3-27-12-4-10-23-18-9-11-22(15-17(18)6-8-21(23)25)14-16-5-7-20(26-2)19(24)13-16/h5,7,13,17-18,24H,3-4,6,8-12,14-15H2,1-2H3/t17-,18+/m1/s1. The highest BCUT2D eigenvalue weighted by molar-refractivity contribution is 5.77. The normalized spacial score (nSPS) is 23.3. The van der Waals surface area contributed by atoms with Crippen molar-refractivity contribution in [2.45, 2.75) is 45.2 Å². The van der Waals surface area contributed by atoms with E-state index in [1.165, 1.54) is 0 Å². The molecule has 2 aliphatic heterocycles. The number of amides is 1. The molecule has 0 radical (unpaired) electrons. The molecule has 0 spiro atoms. The van der Waals surface area contributed by atoms with E-state index >= 15 is 0 Å². The van der Waals surface area contributed by atoms with Gasteiger partial charge in [-0.3, -0.25) is 9.69 Å². The largest absolute Gasteiger partial charge is 0.504 e. The second-order valence-corrected chi connectivity index (χ2v) is 7.53. The van der Waals surface area contributed by atoms with E-state index in [0.717, 1.165) is 64.2 Å². The maximum atomic E-state index is 12.4. The Bertz CT molecular complexity index is 637. The van der Waals surface area contributed by atoms with Gasteiger partial charge in [0.25, 0.3) is 0 Å². The van der Waals surface area contributed by atoms with E-state index in [2.05, 4.69) is 9.80 Å². The molecule has 0 bridgehead atoms. The summed E-state index contributed by atoms with van der Waals surface area (Å²) >= 11 is 0. The van der Waals surface area contributed by atoms with Crippen molar-refractivity contribution in [2.24, 2.45) is 5.92 Å². The number of nitrogens with zero attached hydrogens (tertiary/aromatic N) is 2. The molecule has 2 heterocycles. The zero-order valence-electron chi connectivity index (χ0n) is 16.5. The van der Waals surface area contributed by atoms with Crippen molar-refractivity contribution in [3.63, 3.8) is 0 Å². The number of piperidine rings is 2. The third kappa shape index (κ3) is 4.93. The van der Waals surface area contributed by atoms with Crippen molar-refractivity contribution in [3.05, 3.63) is 23.8 Å². The van der Waals surface area contributed by atoms with Gasteiger partial charge in [0.1, 0.15) is 0 Å². The lowest BCUT2D eigenvalue weighted by Gasteiger charge is -2.47. The number of phenols is 1. The molecule has 1 aromatic carbocycles. The minimum absolute atomic E-state index is 0.189. The van der Waals surface area contributed by atoms with Gasteiger partial charge in [-0.25, -0.2) is 0 Å². The zero-order valence-corrected chi connectivity index (χ0v) is 16.5. The molecule has 0 aromatic heterocycles. The maximum absolute atomic E-state index is 12.4. The predicted molar refractivity (Wildman–Crippen MR) is 104 cm³/mol. The summed E-state index contributed by atoms with van der Waals surface area (Å²) in [5, 5.41) is 9.99. The number of methoxy groups -OCH3 is 1.